The van der Waals surface area contributed by atoms with Crippen LogP contribution in [-0.2, 0) is 12.8 Å². The molecule has 1 aliphatic carbocycles. The van der Waals surface area contributed by atoms with Gasteiger partial charge in [-0.05, 0) is 30.7 Å². The second-order valence-electron chi connectivity index (χ2n) is 4.84. The number of hydrogen-bond acceptors (Lipinski definition) is 0. The van der Waals surface area contributed by atoms with Crippen LogP contribution in [0.5, 0.6) is 0 Å². The lowest BCUT2D eigenvalue weighted by Gasteiger charge is -2.18. The number of rotatable bonds is 0. The van der Waals surface area contributed by atoms with E-state index in [9.17, 15) is 13.2 Å². The molecule has 0 saturated heterocycles. The number of aromatic amines is 1. The van der Waals surface area contributed by atoms with Gasteiger partial charge in [0.05, 0.1) is 5.52 Å². The molecule has 0 radical (unpaired) electrons. The number of fused-ring (bicyclic) bond motifs is 3. The lowest BCUT2D eigenvalue weighted by molar-refractivity contribution is 0.452. The van der Waals surface area contributed by atoms with Gasteiger partial charge in [0, 0.05) is 17.1 Å². The molecular formula is C13H12F3N. The van der Waals surface area contributed by atoms with Crippen molar-refractivity contribution in [2.24, 2.45) is 5.92 Å². The predicted octanol–water partition coefficient (Wildman–Crippen LogP) is 3.71. The molecule has 1 atom stereocenters. The third-order valence-corrected chi connectivity index (χ3v) is 3.55. The maximum absolute atomic E-state index is 13.8. The van der Waals surface area contributed by atoms with E-state index < -0.39 is 17.5 Å². The molecule has 1 aliphatic rings. The van der Waals surface area contributed by atoms with E-state index in [0.717, 1.165) is 36.6 Å². The van der Waals surface area contributed by atoms with Crippen LogP contribution in [0.2, 0.25) is 0 Å². The van der Waals surface area contributed by atoms with Crippen LogP contribution in [0.25, 0.3) is 10.9 Å². The van der Waals surface area contributed by atoms with Crippen molar-refractivity contribution in [3.63, 3.8) is 0 Å². The van der Waals surface area contributed by atoms with E-state index in [1.807, 2.05) is 0 Å². The highest BCUT2D eigenvalue weighted by molar-refractivity contribution is 5.85. The highest BCUT2D eigenvalue weighted by atomic mass is 19.2. The van der Waals surface area contributed by atoms with Gasteiger partial charge in [-0.25, -0.2) is 13.2 Å². The minimum atomic E-state index is -1.38. The summed E-state index contributed by atoms with van der Waals surface area (Å²) in [5.74, 6) is -3.13. The number of hydrogen-bond donors (Lipinski definition) is 1. The molecule has 1 unspecified atom stereocenters. The Balaban J connectivity index is 2.34. The topological polar surface area (TPSA) is 15.8 Å². The molecule has 0 spiro atoms. The molecule has 1 N–H and O–H groups in total. The van der Waals surface area contributed by atoms with Gasteiger partial charge in [-0.3, -0.25) is 0 Å². The van der Waals surface area contributed by atoms with Gasteiger partial charge < -0.3 is 4.98 Å². The Kier molecular flexibility index (Phi) is 2.21. The summed E-state index contributed by atoms with van der Waals surface area (Å²) in [7, 11) is 0. The zero-order valence-electron chi connectivity index (χ0n) is 9.41. The molecule has 0 fully saturated rings. The fraction of sp³-hybridized carbons (Fsp3) is 0.385. The molecule has 0 bridgehead atoms. The van der Waals surface area contributed by atoms with Crippen molar-refractivity contribution in [1.29, 1.82) is 0 Å². The Morgan fingerprint density at radius 2 is 2.00 bits per heavy atom. The molecule has 0 aliphatic heterocycles. The standard InChI is InChI=1S/C13H12F3N/c1-6-2-3-9-7(4-6)11-10(17-9)5-8(14)12(15)13(11)16/h5-6,17H,2-4H2,1H3. The second-order valence-corrected chi connectivity index (χ2v) is 4.84. The third kappa shape index (κ3) is 1.47. The number of nitrogens with one attached hydrogen (secondary N) is 1. The molecule has 90 valence electrons. The Morgan fingerprint density at radius 1 is 1.24 bits per heavy atom. The monoisotopic (exact) mass is 239 g/mol. The van der Waals surface area contributed by atoms with Crippen molar-refractivity contribution in [2.75, 3.05) is 0 Å². The first-order valence-electron chi connectivity index (χ1n) is 5.75. The normalized spacial score (nSPS) is 19.6. The van der Waals surface area contributed by atoms with E-state index in [4.69, 9.17) is 0 Å². The lowest BCUT2D eigenvalue weighted by atomic mass is 9.87. The van der Waals surface area contributed by atoms with Crippen LogP contribution in [0.3, 0.4) is 0 Å². The molecule has 3 rings (SSSR count). The minimum Gasteiger partial charge on any atom is -0.358 e. The fourth-order valence-corrected chi connectivity index (χ4v) is 2.66. The molecule has 1 nitrogen and oxygen atoms in total. The molecule has 1 aromatic carbocycles. The van der Waals surface area contributed by atoms with Gasteiger partial charge in [-0.15, -0.1) is 0 Å². The zero-order valence-corrected chi connectivity index (χ0v) is 9.41. The quantitative estimate of drug-likeness (QED) is 0.674. The van der Waals surface area contributed by atoms with Crippen molar-refractivity contribution in [3.8, 4) is 0 Å². The summed E-state index contributed by atoms with van der Waals surface area (Å²) < 4.78 is 40.1. The molecule has 0 saturated carbocycles. The summed E-state index contributed by atoms with van der Waals surface area (Å²) in [5, 5.41) is 0.227. The number of benzene rings is 1. The number of H-pyrrole nitrogens is 1. The highest BCUT2D eigenvalue weighted by Gasteiger charge is 2.24. The summed E-state index contributed by atoms with van der Waals surface area (Å²) in [6.07, 6.45) is 2.55. The summed E-state index contributed by atoms with van der Waals surface area (Å²) in [6, 6.07) is 1.04. The second kappa shape index (κ2) is 3.52. The van der Waals surface area contributed by atoms with Gasteiger partial charge in [-0.2, -0.15) is 0 Å². The summed E-state index contributed by atoms with van der Waals surface area (Å²) >= 11 is 0. The predicted molar refractivity (Wildman–Crippen MR) is 59.4 cm³/mol. The van der Waals surface area contributed by atoms with Crippen LogP contribution in [-0.4, -0.2) is 4.98 Å². The van der Waals surface area contributed by atoms with E-state index in [2.05, 4.69) is 11.9 Å². The molecule has 0 amide bonds. The van der Waals surface area contributed by atoms with Gasteiger partial charge in [-0.1, -0.05) is 6.92 Å². The van der Waals surface area contributed by atoms with E-state index in [-0.39, 0.29) is 5.39 Å². The van der Waals surface area contributed by atoms with Gasteiger partial charge in [0.1, 0.15) is 0 Å². The van der Waals surface area contributed by atoms with Gasteiger partial charge in [0.15, 0.2) is 17.5 Å². The molecule has 4 heteroatoms. The Labute approximate surface area is 96.6 Å². The SMILES string of the molecule is CC1CCc2[nH]c3cc(F)c(F)c(F)c3c2C1. The average molecular weight is 239 g/mol. The average Bonchev–Trinajstić information content (AvgIpc) is 2.63. The zero-order chi connectivity index (χ0) is 12.2. The smallest absolute Gasteiger partial charge is 0.195 e. The van der Waals surface area contributed by atoms with Crippen LogP contribution in [0.15, 0.2) is 6.07 Å². The Hall–Kier alpha value is -1.45. The molecule has 2 aromatic rings. The molecule has 17 heavy (non-hydrogen) atoms. The highest BCUT2D eigenvalue weighted by Crippen LogP contribution is 2.34. The van der Waals surface area contributed by atoms with Crippen molar-refractivity contribution in [3.05, 3.63) is 34.8 Å². The number of aromatic nitrogens is 1. The number of aryl methyl sites for hydroxylation is 1. The van der Waals surface area contributed by atoms with Gasteiger partial charge in [0.25, 0.3) is 0 Å². The molecule has 1 heterocycles. The summed E-state index contributed by atoms with van der Waals surface area (Å²) in [6.45, 7) is 2.08. The first kappa shape index (κ1) is 10.7. The lowest BCUT2D eigenvalue weighted by Crippen LogP contribution is -2.10. The number of halogens is 3. The summed E-state index contributed by atoms with van der Waals surface area (Å²) in [4.78, 5) is 3.00. The van der Waals surface area contributed by atoms with Crippen molar-refractivity contribution < 1.29 is 13.2 Å². The van der Waals surface area contributed by atoms with Crippen molar-refractivity contribution in [1.82, 2.24) is 4.98 Å². The minimum absolute atomic E-state index is 0.227. The van der Waals surface area contributed by atoms with E-state index in [0.29, 0.717) is 11.4 Å². The van der Waals surface area contributed by atoms with Crippen LogP contribution < -0.4 is 0 Å². The van der Waals surface area contributed by atoms with Gasteiger partial charge in [0.2, 0.25) is 0 Å². The van der Waals surface area contributed by atoms with E-state index in [1.165, 1.54) is 0 Å². The van der Waals surface area contributed by atoms with Crippen LogP contribution in [0.1, 0.15) is 24.6 Å². The molecule has 1 aromatic heterocycles. The van der Waals surface area contributed by atoms with Crippen LogP contribution >= 0.6 is 0 Å². The van der Waals surface area contributed by atoms with Crippen molar-refractivity contribution in [2.45, 2.75) is 26.2 Å². The maximum atomic E-state index is 13.8. The van der Waals surface area contributed by atoms with Gasteiger partial charge >= 0.3 is 0 Å². The first-order valence-corrected chi connectivity index (χ1v) is 5.75. The van der Waals surface area contributed by atoms with Crippen molar-refractivity contribution >= 4 is 10.9 Å². The first-order chi connectivity index (χ1) is 8.08. The largest absolute Gasteiger partial charge is 0.358 e. The fourth-order valence-electron chi connectivity index (χ4n) is 2.66. The Morgan fingerprint density at radius 3 is 2.76 bits per heavy atom. The van der Waals surface area contributed by atoms with Crippen LogP contribution in [0.4, 0.5) is 13.2 Å². The van der Waals surface area contributed by atoms with E-state index >= 15 is 0 Å². The summed E-state index contributed by atoms with van der Waals surface area (Å²) in [5.41, 5.74) is 2.10. The molecular weight excluding hydrogens is 227 g/mol. The maximum Gasteiger partial charge on any atom is 0.195 e. The third-order valence-electron chi connectivity index (χ3n) is 3.55. The Bertz CT molecular complexity index is 600. The van der Waals surface area contributed by atoms with E-state index in [1.54, 1.807) is 0 Å². The van der Waals surface area contributed by atoms with Crippen LogP contribution in [0, 0.1) is 23.4 Å².